The molecule has 0 radical (unpaired) electrons. The molecule has 2 aliphatic heterocycles. The summed E-state index contributed by atoms with van der Waals surface area (Å²) in [4.78, 5) is 0. The van der Waals surface area contributed by atoms with Crippen LogP contribution in [0.15, 0.2) is 24.3 Å². The van der Waals surface area contributed by atoms with Gasteiger partial charge in [0, 0.05) is 24.1 Å². The summed E-state index contributed by atoms with van der Waals surface area (Å²) in [5.41, 5.74) is 1.23. The topological polar surface area (TPSA) is 55.4 Å². The van der Waals surface area contributed by atoms with Crippen LogP contribution in [0.1, 0.15) is 24.3 Å². The van der Waals surface area contributed by atoms with Crippen molar-refractivity contribution in [2.24, 2.45) is 0 Å². The fourth-order valence-corrected chi connectivity index (χ4v) is 4.56. The molecule has 104 valence electrons. The van der Waals surface area contributed by atoms with Gasteiger partial charge in [-0.25, -0.2) is 8.42 Å². The van der Waals surface area contributed by atoms with E-state index in [1.54, 1.807) is 0 Å². The first-order valence-electron chi connectivity index (χ1n) is 6.79. The van der Waals surface area contributed by atoms with Gasteiger partial charge < -0.3 is 10.1 Å². The second kappa shape index (κ2) is 5.13. The predicted octanol–water partition coefficient (Wildman–Crippen LogP) is 1.33. The Balaban J connectivity index is 1.59. The average molecular weight is 281 g/mol. The smallest absolute Gasteiger partial charge is 0.151 e. The molecule has 2 atom stereocenters. The minimum absolute atomic E-state index is 0.103. The number of rotatable bonds is 3. The first-order chi connectivity index (χ1) is 9.14. The number of ether oxygens (including phenoxy) is 1. The van der Waals surface area contributed by atoms with Gasteiger partial charge in [0.2, 0.25) is 0 Å². The molecule has 0 aliphatic carbocycles. The van der Waals surface area contributed by atoms with Crippen LogP contribution in [0, 0.1) is 0 Å². The normalized spacial score (nSPS) is 28.6. The molecule has 2 aliphatic rings. The summed E-state index contributed by atoms with van der Waals surface area (Å²) in [6, 6.07) is 8.17. The molecule has 0 saturated carbocycles. The highest BCUT2D eigenvalue weighted by molar-refractivity contribution is 7.91. The van der Waals surface area contributed by atoms with Crippen molar-refractivity contribution in [1.29, 1.82) is 0 Å². The van der Waals surface area contributed by atoms with Crippen molar-refractivity contribution < 1.29 is 13.2 Å². The number of para-hydroxylation sites is 1. The van der Waals surface area contributed by atoms with Crippen molar-refractivity contribution in [3.63, 3.8) is 0 Å². The van der Waals surface area contributed by atoms with Crippen LogP contribution in [0.2, 0.25) is 0 Å². The summed E-state index contributed by atoms with van der Waals surface area (Å²) in [7, 11) is -2.83. The van der Waals surface area contributed by atoms with Crippen LogP contribution in [0.4, 0.5) is 0 Å². The Morgan fingerprint density at radius 3 is 3.00 bits per heavy atom. The molecule has 2 unspecified atom stereocenters. The van der Waals surface area contributed by atoms with E-state index in [1.165, 1.54) is 5.56 Å². The van der Waals surface area contributed by atoms with Crippen LogP contribution >= 0.6 is 0 Å². The lowest BCUT2D eigenvalue weighted by molar-refractivity contribution is 0.321. The maximum Gasteiger partial charge on any atom is 0.151 e. The zero-order valence-corrected chi connectivity index (χ0v) is 11.7. The highest BCUT2D eigenvalue weighted by Gasteiger charge is 2.27. The molecule has 1 saturated heterocycles. The summed E-state index contributed by atoms with van der Waals surface area (Å²) in [6.45, 7) is 1.48. The summed E-state index contributed by atoms with van der Waals surface area (Å²) >= 11 is 0. The van der Waals surface area contributed by atoms with Crippen LogP contribution in [0.25, 0.3) is 0 Å². The molecular weight excluding hydrogens is 262 g/mol. The maximum atomic E-state index is 11.6. The number of sulfone groups is 1. The third-order valence-electron chi connectivity index (χ3n) is 3.91. The first kappa shape index (κ1) is 12.9. The van der Waals surface area contributed by atoms with Gasteiger partial charge in [0.25, 0.3) is 0 Å². The van der Waals surface area contributed by atoms with Gasteiger partial charge in [0.1, 0.15) is 5.75 Å². The van der Waals surface area contributed by atoms with Gasteiger partial charge in [-0.05, 0) is 18.9 Å². The van der Waals surface area contributed by atoms with Gasteiger partial charge in [-0.2, -0.15) is 0 Å². The standard InChI is InChI=1S/C14H19NO3S/c16-19(17)7-3-4-12(10-19)15-8-11-9-18-14-6-2-1-5-13(11)14/h1-2,5-6,11-12,15H,3-4,7-10H2. The van der Waals surface area contributed by atoms with Crippen LogP contribution in [0.3, 0.4) is 0 Å². The van der Waals surface area contributed by atoms with E-state index in [0.29, 0.717) is 18.3 Å². The molecule has 0 aromatic heterocycles. The SMILES string of the molecule is O=S1(=O)CCCC(NCC2COc3ccccc32)C1. The Morgan fingerprint density at radius 1 is 1.32 bits per heavy atom. The van der Waals surface area contributed by atoms with Gasteiger partial charge >= 0.3 is 0 Å². The molecule has 0 bridgehead atoms. The molecule has 0 spiro atoms. The molecule has 4 nitrogen and oxygen atoms in total. The summed E-state index contributed by atoms with van der Waals surface area (Å²) in [5.74, 6) is 1.93. The minimum atomic E-state index is -2.83. The summed E-state index contributed by atoms with van der Waals surface area (Å²) in [6.07, 6.45) is 1.73. The third-order valence-corrected chi connectivity index (χ3v) is 5.74. The molecule has 1 aromatic carbocycles. The van der Waals surface area contributed by atoms with Crippen LogP contribution in [-0.2, 0) is 9.84 Å². The second-order valence-corrected chi connectivity index (χ2v) is 7.64. The first-order valence-corrected chi connectivity index (χ1v) is 8.62. The van der Waals surface area contributed by atoms with Gasteiger partial charge in [0.05, 0.1) is 18.1 Å². The highest BCUT2D eigenvalue weighted by Crippen LogP contribution is 2.33. The molecule has 1 N–H and O–H groups in total. The van der Waals surface area contributed by atoms with E-state index in [0.717, 1.165) is 25.1 Å². The number of fused-ring (bicyclic) bond motifs is 1. The zero-order chi connectivity index (χ0) is 13.3. The zero-order valence-electron chi connectivity index (χ0n) is 10.8. The molecule has 1 aromatic rings. The molecule has 0 amide bonds. The molecule has 1 fully saturated rings. The lowest BCUT2D eigenvalue weighted by Gasteiger charge is -2.24. The van der Waals surface area contributed by atoms with E-state index in [9.17, 15) is 8.42 Å². The molecule has 2 heterocycles. The molecule has 19 heavy (non-hydrogen) atoms. The van der Waals surface area contributed by atoms with E-state index >= 15 is 0 Å². The van der Waals surface area contributed by atoms with Crippen LogP contribution < -0.4 is 10.1 Å². The summed E-state index contributed by atoms with van der Waals surface area (Å²) < 4.78 is 28.8. The number of nitrogens with one attached hydrogen (secondary N) is 1. The Bertz CT molecular complexity index is 556. The van der Waals surface area contributed by atoms with E-state index < -0.39 is 9.84 Å². The largest absolute Gasteiger partial charge is 0.493 e. The van der Waals surface area contributed by atoms with Crippen LogP contribution in [0.5, 0.6) is 5.75 Å². The lowest BCUT2D eigenvalue weighted by atomic mass is 10.0. The van der Waals surface area contributed by atoms with Gasteiger partial charge in [-0.3, -0.25) is 0 Å². The predicted molar refractivity (Wildman–Crippen MR) is 74.4 cm³/mol. The Hall–Kier alpha value is -1.07. The Kier molecular flexibility index (Phi) is 3.50. The number of benzene rings is 1. The Labute approximate surface area is 114 Å². The van der Waals surface area contributed by atoms with Crippen molar-refractivity contribution in [2.75, 3.05) is 24.7 Å². The van der Waals surface area contributed by atoms with E-state index in [4.69, 9.17) is 4.74 Å². The van der Waals surface area contributed by atoms with Gasteiger partial charge in [-0.15, -0.1) is 0 Å². The van der Waals surface area contributed by atoms with E-state index in [-0.39, 0.29) is 11.8 Å². The molecular formula is C14H19NO3S. The van der Waals surface area contributed by atoms with Crippen molar-refractivity contribution in [1.82, 2.24) is 5.32 Å². The number of hydrogen-bond donors (Lipinski definition) is 1. The highest BCUT2D eigenvalue weighted by atomic mass is 32.2. The second-order valence-electron chi connectivity index (χ2n) is 5.41. The number of hydrogen-bond acceptors (Lipinski definition) is 4. The van der Waals surface area contributed by atoms with Gasteiger partial charge in [-0.1, -0.05) is 18.2 Å². The minimum Gasteiger partial charge on any atom is -0.493 e. The average Bonchev–Trinajstić information content (AvgIpc) is 2.78. The maximum absolute atomic E-state index is 11.6. The monoisotopic (exact) mass is 281 g/mol. The quantitative estimate of drug-likeness (QED) is 0.908. The van der Waals surface area contributed by atoms with Crippen molar-refractivity contribution in [2.45, 2.75) is 24.8 Å². The van der Waals surface area contributed by atoms with Gasteiger partial charge in [0.15, 0.2) is 9.84 Å². The molecule has 3 rings (SSSR count). The Morgan fingerprint density at radius 2 is 2.16 bits per heavy atom. The van der Waals surface area contributed by atoms with Crippen molar-refractivity contribution >= 4 is 9.84 Å². The lowest BCUT2D eigenvalue weighted by Crippen LogP contribution is -2.42. The van der Waals surface area contributed by atoms with E-state index in [2.05, 4.69) is 11.4 Å². The fourth-order valence-electron chi connectivity index (χ4n) is 2.89. The van der Waals surface area contributed by atoms with E-state index in [1.807, 2.05) is 18.2 Å². The summed E-state index contributed by atoms with van der Waals surface area (Å²) in [5, 5.41) is 3.40. The molecule has 5 heteroatoms. The van der Waals surface area contributed by atoms with Crippen LogP contribution in [-0.4, -0.2) is 39.1 Å². The van der Waals surface area contributed by atoms with Crippen molar-refractivity contribution in [3.8, 4) is 5.75 Å². The van der Waals surface area contributed by atoms with Crippen molar-refractivity contribution in [3.05, 3.63) is 29.8 Å². The third kappa shape index (κ3) is 2.92. The fraction of sp³-hybridized carbons (Fsp3) is 0.571.